The molecule has 0 aliphatic carbocycles. The number of ether oxygens (including phenoxy) is 2. The third-order valence-corrected chi connectivity index (χ3v) is 8.26. The minimum Gasteiger partial charge on any atom is -0.488 e. The van der Waals surface area contributed by atoms with Gasteiger partial charge in [-0.25, -0.2) is 14.8 Å². The van der Waals surface area contributed by atoms with Crippen molar-refractivity contribution in [2.24, 2.45) is 0 Å². The summed E-state index contributed by atoms with van der Waals surface area (Å²) in [6.45, 7) is 8.75. The fourth-order valence-corrected chi connectivity index (χ4v) is 6.06. The highest BCUT2D eigenvalue weighted by Gasteiger charge is 2.25. The average molecular weight is 553 g/mol. The lowest BCUT2D eigenvalue weighted by atomic mass is 9.95. The number of carboxylic acids is 1. The number of rotatable bonds is 8. The van der Waals surface area contributed by atoms with Crippen molar-refractivity contribution >= 4 is 5.97 Å². The summed E-state index contributed by atoms with van der Waals surface area (Å²) in [5.41, 5.74) is 7.44. The van der Waals surface area contributed by atoms with Crippen LogP contribution in [0.4, 0.5) is 0 Å². The lowest BCUT2D eigenvalue weighted by Crippen LogP contribution is -2.42. The molecule has 2 aliphatic heterocycles. The summed E-state index contributed by atoms with van der Waals surface area (Å²) in [5.74, 6) is 0.326. The van der Waals surface area contributed by atoms with Gasteiger partial charge in [0, 0.05) is 44.5 Å². The maximum Gasteiger partial charge on any atom is 0.354 e. The molecule has 8 nitrogen and oxygen atoms in total. The van der Waals surface area contributed by atoms with Gasteiger partial charge in [-0.3, -0.25) is 4.90 Å². The Labute approximate surface area is 240 Å². The van der Waals surface area contributed by atoms with Gasteiger partial charge in [0.05, 0.1) is 11.9 Å². The zero-order chi connectivity index (χ0) is 28.3. The molecule has 2 aromatic heterocycles. The Morgan fingerprint density at radius 3 is 2.68 bits per heavy atom. The summed E-state index contributed by atoms with van der Waals surface area (Å²) in [7, 11) is 0. The topological polar surface area (TPSA) is 89.7 Å². The van der Waals surface area contributed by atoms with E-state index in [1.807, 2.05) is 50.2 Å². The number of aromatic carboxylic acids is 1. The van der Waals surface area contributed by atoms with E-state index in [2.05, 4.69) is 28.1 Å². The largest absolute Gasteiger partial charge is 0.488 e. The monoisotopic (exact) mass is 552 g/mol. The van der Waals surface area contributed by atoms with Crippen LogP contribution in [0.3, 0.4) is 0 Å². The first-order valence-corrected chi connectivity index (χ1v) is 14.4. The summed E-state index contributed by atoms with van der Waals surface area (Å²) in [5, 5.41) is 9.54. The van der Waals surface area contributed by atoms with Crippen molar-refractivity contribution in [3.63, 3.8) is 0 Å². The second-order valence-electron chi connectivity index (χ2n) is 10.8. The minimum atomic E-state index is -1.00. The van der Waals surface area contributed by atoms with Crippen molar-refractivity contribution in [1.82, 2.24) is 19.4 Å². The number of para-hydroxylation sites is 1. The van der Waals surface area contributed by atoms with E-state index in [0.29, 0.717) is 30.7 Å². The van der Waals surface area contributed by atoms with Crippen LogP contribution in [0.25, 0.3) is 22.8 Å². The molecule has 0 atom stereocenters. The van der Waals surface area contributed by atoms with E-state index in [9.17, 15) is 9.90 Å². The van der Waals surface area contributed by atoms with Gasteiger partial charge in [-0.2, -0.15) is 0 Å². The van der Waals surface area contributed by atoms with Crippen molar-refractivity contribution in [1.29, 1.82) is 0 Å². The molecule has 41 heavy (non-hydrogen) atoms. The number of hydrogen-bond acceptors (Lipinski definition) is 6. The number of nitrogens with zero attached hydrogens (tertiary/aromatic N) is 4. The number of hydrogen-bond donors (Lipinski definition) is 1. The molecule has 1 fully saturated rings. The second-order valence-corrected chi connectivity index (χ2v) is 10.8. The second kappa shape index (κ2) is 11.8. The lowest BCUT2D eigenvalue weighted by Gasteiger charge is -2.37. The normalized spacial score (nSPS) is 16.0. The quantitative estimate of drug-likeness (QED) is 0.298. The molecule has 0 saturated carbocycles. The van der Waals surface area contributed by atoms with Crippen molar-refractivity contribution in [2.75, 3.05) is 19.8 Å². The molecule has 0 bridgehead atoms. The van der Waals surface area contributed by atoms with Crippen LogP contribution in [-0.4, -0.2) is 56.3 Å². The van der Waals surface area contributed by atoms with Gasteiger partial charge in [-0.1, -0.05) is 36.4 Å². The molecule has 1 saturated heterocycles. The van der Waals surface area contributed by atoms with E-state index in [1.54, 1.807) is 4.57 Å². The standard InChI is InChI=1S/C33H36N4O4/c1-3-37-30(33(38)39)19-34-32(37)29-9-5-8-28(35-29)27-7-4-6-22(2)31(27)41-21-23-10-11-25-20-36(15-12-24(25)18-23)26-13-16-40-17-14-26/h4-11,18-19,26H,3,12-17,20-21H2,1-2H3,(H,38,39). The van der Waals surface area contributed by atoms with Crippen molar-refractivity contribution in [3.8, 4) is 28.5 Å². The number of carboxylic acid groups (broad SMARTS) is 1. The Bertz CT molecular complexity index is 1560. The van der Waals surface area contributed by atoms with Crippen LogP contribution in [0, 0.1) is 6.92 Å². The molecule has 4 heterocycles. The van der Waals surface area contributed by atoms with Crippen molar-refractivity contribution in [3.05, 3.63) is 88.7 Å². The number of pyridine rings is 1. The molecular formula is C33H36N4O4. The van der Waals surface area contributed by atoms with Crippen LogP contribution in [-0.2, 0) is 30.9 Å². The zero-order valence-electron chi connectivity index (χ0n) is 23.7. The number of aromatic nitrogens is 3. The first kappa shape index (κ1) is 27.2. The minimum absolute atomic E-state index is 0.149. The summed E-state index contributed by atoms with van der Waals surface area (Å²) in [6, 6.07) is 19.2. The van der Waals surface area contributed by atoms with Crippen molar-refractivity contribution < 1.29 is 19.4 Å². The molecular weight excluding hydrogens is 516 g/mol. The SMILES string of the molecule is CCn1c(C(=O)O)cnc1-c1cccc(-c2cccc(C)c2OCc2ccc3c(c2)CCN(C2CCOCC2)C3)n1. The molecule has 1 N–H and O–H groups in total. The maximum absolute atomic E-state index is 11.6. The van der Waals surface area contributed by atoms with Gasteiger partial charge >= 0.3 is 5.97 Å². The van der Waals surface area contributed by atoms with E-state index in [1.165, 1.54) is 17.3 Å². The van der Waals surface area contributed by atoms with E-state index in [0.717, 1.165) is 73.7 Å². The molecule has 2 aliphatic rings. The Morgan fingerprint density at radius 2 is 1.88 bits per heavy atom. The van der Waals surface area contributed by atoms with Crippen LogP contribution >= 0.6 is 0 Å². The van der Waals surface area contributed by atoms with Crippen LogP contribution < -0.4 is 4.74 Å². The zero-order valence-corrected chi connectivity index (χ0v) is 23.7. The first-order chi connectivity index (χ1) is 20.0. The molecule has 0 radical (unpaired) electrons. The molecule has 0 spiro atoms. The maximum atomic E-state index is 11.6. The summed E-state index contributed by atoms with van der Waals surface area (Å²) >= 11 is 0. The number of imidazole rings is 1. The molecule has 212 valence electrons. The van der Waals surface area contributed by atoms with Crippen molar-refractivity contribution in [2.45, 2.75) is 58.8 Å². The van der Waals surface area contributed by atoms with E-state index >= 15 is 0 Å². The van der Waals surface area contributed by atoms with E-state index in [4.69, 9.17) is 14.5 Å². The number of aryl methyl sites for hydroxylation is 1. The third-order valence-electron chi connectivity index (χ3n) is 8.26. The predicted octanol–water partition coefficient (Wildman–Crippen LogP) is 5.75. The van der Waals surface area contributed by atoms with Gasteiger partial charge in [-0.15, -0.1) is 0 Å². The number of fused-ring (bicyclic) bond motifs is 1. The predicted molar refractivity (Wildman–Crippen MR) is 157 cm³/mol. The number of carbonyl (C=O) groups is 1. The first-order valence-electron chi connectivity index (χ1n) is 14.4. The van der Waals surface area contributed by atoms with Crippen LogP contribution in [0.2, 0.25) is 0 Å². The molecule has 4 aromatic rings. The molecule has 6 rings (SSSR count). The summed E-state index contributed by atoms with van der Waals surface area (Å²) < 4.78 is 13.7. The average Bonchev–Trinajstić information content (AvgIpc) is 3.45. The van der Waals surface area contributed by atoms with Crippen LogP contribution in [0.15, 0.2) is 60.8 Å². The Balaban J connectivity index is 1.21. The molecule has 8 heteroatoms. The van der Waals surface area contributed by atoms with Crippen LogP contribution in [0.1, 0.15) is 52.5 Å². The highest BCUT2D eigenvalue weighted by molar-refractivity contribution is 5.86. The Morgan fingerprint density at radius 1 is 1.07 bits per heavy atom. The third kappa shape index (κ3) is 5.62. The van der Waals surface area contributed by atoms with Gasteiger partial charge in [0.15, 0.2) is 5.82 Å². The fraction of sp³-hybridized carbons (Fsp3) is 0.364. The van der Waals surface area contributed by atoms with Gasteiger partial charge < -0.3 is 19.1 Å². The highest BCUT2D eigenvalue weighted by atomic mass is 16.5. The molecule has 0 unspecified atom stereocenters. The van der Waals surface area contributed by atoms with Gasteiger partial charge in [0.25, 0.3) is 0 Å². The van der Waals surface area contributed by atoms with Crippen LogP contribution in [0.5, 0.6) is 5.75 Å². The molecule has 0 amide bonds. The summed E-state index contributed by atoms with van der Waals surface area (Å²) in [4.78, 5) is 23.5. The smallest absolute Gasteiger partial charge is 0.354 e. The van der Waals surface area contributed by atoms with Gasteiger partial charge in [-0.05, 0) is 73.6 Å². The fourth-order valence-electron chi connectivity index (χ4n) is 6.06. The summed E-state index contributed by atoms with van der Waals surface area (Å²) in [6.07, 6.45) is 4.70. The Hall–Kier alpha value is -4.01. The highest BCUT2D eigenvalue weighted by Crippen LogP contribution is 2.34. The van der Waals surface area contributed by atoms with Gasteiger partial charge in [0.2, 0.25) is 0 Å². The number of benzene rings is 2. The lowest BCUT2D eigenvalue weighted by molar-refractivity contribution is 0.0290. The van der Waals surface area contributed by atoms with E-state index < -0.39 is 5.97 Å². The molecule has 2 aromatic carbocycles. The van der Waals surface area contributed by atoms with Gasteiger partial charge in [0.1, 0.15) is 23.7 Å². The Kier molecular flexibility index (Phi) is 7.85. The van der Waals surface area contributed by atoms with E-state index in [-0.39, 0.29) is 5.69 Å².